The van der Waals surface area contributed by atoms with Gasteiger partial charge in [-0.1, -0.05) is 13.3 Å². The summed E-state index contributed by atoms with van der Waals surface area (Å²) in [5, 5.41) is 0. The Morgan fingerprint density at radius 2 is 2.13 bits per heavy atom. The highest BCUT2D eigenvalue weighted by molar-refractivity contribution is 5.79. The van der Waals surface area contributed by atoms with Gasteiger partial charge in [0.1, 0.15) is 5.78 Å². The Morgan fingerprint density at radius 1 is 1.33 bits per heavy atom. The van der Waals surface area contributed by atoms with E-state index in [2.05, 4.69) is 18.7 Å². The van der Waals surface area contributed by atoms with Crippen molar-refractivity contribution in [2.75, 3.05) is 13.1 Å². The molecule has 86 valence electrons. The zero-order valence-electron chi connectivity index (χ0n) is 10.0. The summed E-state index contributed by atoms with van der Waals surface area (Å²) in [5.41, 5.74) is 0. The number of piperidine rings is 1. The van der Waals surface area contributed by atoms with E-state index in [1.165, 1.54) is 25.8 Å². The fraction of sp³-hybridized carbons (Fsp3) is 0.923. The molecule has 0 N–H and O–H groups in total. The molecule has 1 aliphatic heterocycles. The van der Waals surface area contributed by atoms with Crippen molar-refractivity contribution < 1.29 is 4.79 Å². The summed E-state index contributed by atoms with van der Waals surface area (Å²) in [4.78, 5) is 13.8. The second-order valence-corrected chi connectivity index (χ2v) is 5.62. The lowest BCUT2D eigenvalue weighted by Crippen LogP contribution is -2.43. The third kappa shape index (κ3) is 2.81. The van der Waals surface area contributed by atoms with E-state index in [0.29, 0.717) is 11.8 Å². The number of likely N-dealkylation sites (tertiary alicyclic amines) is 1. The zero-order chi connectivity index (χ0) is 10.8. The molecule has 0 aromatic carbocycles. The first-order valence-corrected chi connectivity index (χ1v) is 6.41. The van der Waals surface area contributed by atoms with Crippen LogP contribution in [0.15, 0.2) is 0 Å². The summed E-state index contributed by atoms with van der Waals surface area (Å²) in [6, 6.07) is 0.488. The van der Waals surface area contributed by atoms with Crippen molar-refractivity contribution in [1.29, 1.82) is 0 Å². The van der Waals surface area contributed by atoms with Crippen LogP contribution in [0, 0.1) is 11.8 Å². The van der Waals surface area contributed by atoms with E-state index in [9.17, 15) is 4.79 Å². The van der Waals surface area contributed by atoms with E-state index < -0.39 is 0 Å². The normalized spacial score (nSPS) is 38.5. The van der Waals surface area contributed by atoms with Gasteiger partial charge in [-0.2, -0.15) is 0 Å². The molecule has 1 saturated heterocycles. The number of carbonyl (C=O) groups is 1. The number of hydrogen-bond acceptors (Lipinski definition) is 2. The summed E-state index contributed by atoms with van der Waals surface area (Å²) >= 11 is 0. The Bertz CT molecular complexity index is 239. The molecule has 1 heterocycles. The van der Waals surface area contributed by atoms with Crippen LogP contribution in [-0.4, -0.2) is 29.8 Å². The van der Waals surface area contributed by atoms with E-state index in [1.807, 2.05) is 0 Å². The predicted molar refractivity (Wildman–Crippen MR) is 61.8 cm³/mol. The third-order valence-electron chi connectivity index (χ3n) is 4.12. The number of nitrogens with zero attached hydrogens (tertiary/aromatic N) is 1. The molecule has 2 nitrogen and oxygen atoms in total. The van der Waals surface area contributed by atoms with Crippen LogP contribution >= 0.6 is 0 Å². The van der Waals surface area contributed by atoms with Gasteiger partial charge in [-0.15, -0.1) is 0 Å². The second kappa shape index (κ2) is 4.65. The standard InChI is InChI=1S/C13H23NO/c1-10-3-4-12(7-10)9-14-6-5-13(15)8-11(14)2/h10-12H,3-9H2,1-2H3. The van der Waals surface area contributed by atoms with Crippen LogP contribution in [0.5, 0.6) is 0 Å². The van der Waals surface area contributed by atoms with Crippen LogP contribution in [0.1, 0.15) is 46.0 Å². The van der Waals surface area contributed by atoms with E-state index in [1.54, 1.807) is 0 Å². The van der Waals surface area contributed by atoms with Crippen LogP contribution in [0.25, 0.3) is 0 Å². The summed E-state index contributed by atoms with van der Waals surface area (Å²) in [6.45, 7) is 6.81. The molecule has 2 aliphatic rings. The van der Waals surface area contributed by atoms with E-state index in [4.69, 9.17) is 0 Å². The van der Waals surface area contributed by atoms with Gasteiger partial charge in [0.05, 0.1) is 0 Å². The van der Waals surface area contributed by atoms with Crippen LogP contribution < -0.4 is 0 Å². The molecular formula is C13H23NO. The molecule has 3 unspecified atom stereocenters. The third-order valence-corrected chi connectivity index (χ3v) is 4.12. The van der Waals surface area contributed by atoms with Gasteiger partial charge in [-0.25, -0.2) is 0 Å². The maximum absolute atomic E-state index is 11.3. The van der Waals surface area contributed by atoms with Gasteiger partial charge in [0.25, 0.3) is 0 Å². The van der Waals surface area contributed by atoms with Crippen molar-refractivity contribution >= 4 is 5.78 Å². The lowest BCUT2D eigenvalue weighted by Gasteiger charge is -2.34. The minimum Gasteiger partial charge on any atom is -0.300 e. The van der Waals surface area contributed by atoms with Crippen molar-refractivity contribution in [2.24, 2.45) is 11.8 Å². The minimum atomic E-state index is 0.457. The molecule has 2 fully saturated rings. The molecule has 0 spiro atoms. The lowest BCUT2D eigenvalue weighted by molar-refractivity contribution is -0.123. The molecule has 3 atom stereocenters. The quantitative estimate of drug-likeness (QED) is 0.696. The molecule has 1 saturated carbocycles. The maximum Gasteiger partial charge on any atom is 0.135 e. The van der Waals surface area contributed by atoms with Crippen molar-refractivity contribution in [1.82, 2.24) is 4.90 Å². The Balaban J connectivity index is 1.81. The molecular weight excluding hydrogens is 186 g/mol. The van der Waals surface area contributed by atoms with Crippen molar-refractivity contribution in [3.05, 3.63) is 0 Å². The predicted octanol–water partition coefficient (Wildman–Crippen LogP) is 2.48. The number of hydrogen-bond donors (Lipinski definition) is 0. The van der Waals surface area contributed by atoms with Crippen LogP contribution in [-0.2, 0) is 4.79 Å². The molecule has 15 heavy (non-hydrogen) atoms. The van der Waals surface area contributed by atoms with Crippen LogP contribution in [0.2, 0.25) is 0 Å². The second-order valence-electron chi connectivity index (χ2n) is 5.62. The number of Topliss-reactive ketones (excluding diaryl/α,β-unsaturated/α-hetero) is 1. The first-order chi connectivity index (χ1) is 7.15. The van der Waals surface area contributed by atoms with Crippen molar-refractivity contribution in [2.45, 2.75) is 52.0 Å². The highest BCUT2D eigenvalue weighted by atomic mass is 16.1. The average Bonchev–Trinajstić information content (AvgIpc) is 2.56. The molecule has 1 aliphatic carbocycles. The average molecular weight is 209 g/mol. The first kappa shape index (κ1) is 11.1. The Labute approximate surface area is 93.0 Å². The summed E-state index contributed by atoms with van der Waals surface area (Å²) in [6.07, 6.45) is 5.77. The molecule has 2 heteroatoms. The molecule has 0 aromatic heterocycles. The largest absolute Gasteiger partial charge is 0.300 e. The zero-order valence-corrected chi connectivity index (χ0v) is 10.0. The van der Waals surface area contributed by atoms with Crippen molar-refractivity contribution in [3.63, 3.8) is 0 Å². The van der Waals surface area contributed by atoms with Gasteiger partial charge in [0.15, 0.2) is 0 Å². The molecule has 0 aromatic rings. The molecule has 0 bridgehead atoms. The Kier molecular flexibility index (Phi) is 3.45. The summed E-state index contributed by atoms with van der Waals surface area (Å²) < 4.78 is 0. The van der Waals surface area contributed by atoms with Gasteiger partial charge in [-0.05, 0) is 31.6 Å². The summed E-state index contributed by atoms with van der Waals surface area (Å²) in [7, 11) is 0. The van der Waals surface area contributed by atoms with Crippen LogP contribution in [0.4, 0.5) is 0 Å². The van der Waals surface area contributed by atoms with Crippen molar-refractivity contribution in [3.8, 4) is 0 Å². The van der Waals surface area contributed by atoms with Gasteiger partial charge in [0.2, 0.25) is 0 Å². The molecule has 0 amide bonds. The fourth-order valence-corrected chi connectivity index (χ4v) is 3.14. The van der Waals surface area contributed by atoms with Crippen LogP contribution in [0.3, 0.4) is 0 Å². The van der Waals surface area contributed by atoms with Gasteiger partial charge < -0.3 is 0 Å². The topological polar surface area (TPSA) is 20.3 Å². The Morgan fingerprint density at radius 3 is 2.73 bits per heavy atom. The Hall–Kier alpha value is -0.370. The highest BCUT2D eigenvalue weighted by Crippen LogP contribution is 2.31. The monoisotopic (exact) mass is 209 g/mol. The SMILES string of the molecule is CC1CCC(CN2CCC(=O)CC2C)C1. The fourth-order valence-electron chi connectivity index (χ4n) is 3.14. The number of carbonyl (C=O) groups excluding carboxylic acids is 1. The van der Waals surface area contributed by atoms with Gasteiger partial charge in [0, 0.05) is 32.0 Å². The highest BCUT2D eigenvalue weighted by Gasteiger charge is 2.28. The van der Waals surface area contributed by atoms with E-state index in [0.717, 1.165) is 31.2 Å². The lowest BCUT2D eigenvalue weighted by atomic mass is 9.99. The first-order valence-electron chi connectivity index (χ1n) is 6.41. The number of ketones is 1. The van der Waals surface area contributed by atoms with Gasteiger partial charge in [-0.3, -0.25) is 9.69 Å². The molecule has 2 rings (SSSR count). The van der Waals surface area contributed by atoms with Gasteiger partial charge >= 0.3 is 0 Å². The summed E-state index contributed by atoms with van der Waals surface area (Å²) in [5.74, 6) is 2.28. The van der Waals surface area contributed by atoms with E-state index in [-0.39, 0.29) is 0 Å². The maximum atomic E-state index is 11.3. The minimum absolute atomic E-state index is 0.457. The molecule has 0 radical (unpaired) electrons. The van der Waals surface area contributed by atoms with E-state index >= 15 is 0 Å². The smallest absolute Gasteiger partial charge is 0.135 e. The number of rotatable bonds is 2.